The second-order valence-corrected chi connectivity index (χ2v) is 3.53. The van der Waals surface area contributed by atoms with Gasteiger partial charge >= 0.3 is 0 Å². The molecular weight excluding hydrogens is 176 g/mol. The molecule has 0 fully saturated rings. The Hall–Kier alpha value is -1.57. The predicted molar refractivity (Wildman–Crippen MR) is 54.9 cm³/mol. The molecule has 0 heterocycles. The zero-order chi connectivity index (χ0) is 9.97. The van der Waals surface area contributed by atoms with Crippen molar-refractivity contribution in [1.29, 1.82) is 0 Å². The van der Waals surface area contributed by atoms with Gasteiger partial charge in [0, 0.05) is 12.8 Å². The molecule has 0 aromatic heterocycles. The minimum absolute atomic E-state index is 0.261. The highest BCUT2D eigenvalue weighted by atomic mass is 16.3. The zero-order valence-corrected chi connectivity index (χ0v) is 7.86. The molecule has 72 valence electrons. The number of carbonyl (C=O) groups is 1. The van der Waals surface area contributed by atoms with Crippen LogP contribution in [0.2, 0.25) is 0 Å². The number of carbonyl (C=O) groups excluding carboxylic acids is 1. The van der Waals surface area contributed by atoms with Crippen molar-refractivity contribution in [1.82, 2.24) is 0 Å². The molecule has 1 aromatic carbocycles. The second kappa shape index (κ2) is 3.66. The zero-order valence-electron chi connectivity index (χ0n) is 7.86. The number of hydrogen-bond donors (Lipinski definition) is 1. The summed E-state index contributed by atoms with van der Waals surface area (Å²) in [6.07, 6.45) is 4.15. The molecule has 0 unspecified atom stereocenters. The Kier molecular flexibility index (Phi) is 2.35. The van der Waals surface area contributed by atoms with Crippen LogP contribution in [-0.2, 0) is 4.79 Å². The van der Waals surface area contributed by atoms with Gasteiger partial charge in [-0.25, -0.2) is 0 Å². The molecule has 0 aliphatic heterocycles. The van der Waals surface area contributed by atoms with Crippen molar-refractivity contribution in [3.8, 4) is 5.75 Å². The van der Waals surface area contributed by atoms with Gasteiger partial charge in [0.1, 0.15) is 11.5 Å². The van der Waals surface area contributed by atoms with Gasteiger partial charge in [-0.05, 0) is 29.7 Å². The maximum absolute atomic E-state index is 11.2. The highest BCUT2D eigenvalue weighted by Crippen LogP contribution is 2.25. The summed E-state index contributed by atoms with van der Waals surface area (Å²) in [7, 11) is 0. The molecule has 0 spiro atoms. The van der Waals surface area contributed by atoms with Gasteiger partial charge < -0.3 is 5.11 Å². The maximum Gasteiger partial charge on any atom is 0.137 e. The highest BCUT2D eigenvalue weighted by molar-refractivity contribution is 5.92. The van der Waals surface area contributed by atoms with E-state index in [0.29, 0.717) is 18.6 Å². The van der Waals surface area contributed by atoms with Crippen molar-refractivity contribution in [2.45, 2.75) is 19.3 Å². The summed E-state index contributed by atoms with van der Waals surface area (Å²) in [5.41, 5.74) is 2.12. The first kappa shape index (κ1) is 9.00. The Balaban J connectivity index is 2.26. The minimum Gasteiger partial charge on any atom is -0.508 e. The Morgan fingerprint density at radius 3 is 2.50 bits per heavy atom. The van der Waals surface area contributed by atoms with Crippen molar-refractivity contribution in [2.24, 2.45) is 0 Å². The third kappa shape index (κ3) is 1.84. The highest BCUT2D eigenvalue weighted by Gasteiger charge is 2.12. The number of benzene rings is 1. The molecule has 1 aliphatic rings. The van der Waals surface area contributed by atoms with Crippen molar-refractivity contribution >= 4 is 11.4 Å². The van der Waals surface area contributed by atoms with E-state index in [1.807, 2.05) is 12.1 Å². The maximum atomic E-state index is 11.2. The number of phenolic OH excluding ortho intramolecular Hbond substituents is 1. The van der Waals surface area contributed by atoms with Gasteiger partial charge in [-0.2, -0.15) is 0 Å². The molecule has 0 saturated carbocycles. The summed E-state index contributed by atoms with van der Waals surface area (Å²) >= 11 is 0. The molecule has 1 aromatic rings. The van der Waals surface area contributed by atoms with Crippen LogP contribution >= 0.6 is 0 Å². The normalized spacial score (nSPS) is 16.6. The fraction of sp³-hybridized carbons (Fsp3) is 0.250. The Morgan fingerprint density at radius 1 is 1.14 bits per heavy atom. The molecule has 1 aliphatic carbocycles. The van der Waals surface area contributed by atoms with Crippen molar-refractivity contribution in [2.75, 3.05) is 0 Å². The number of rotatable bonds is 1. The molecule has 0 radical (unpaired) electrons. The smallest absolute Gasteiger partial charge is 0.137 e. The van der Waals surface area contributed by atoms with Crippen molar-refractivity contribution < 1.29 is 9.90 Å². The lowest BCUT2D eigenvalue weighted by molar-refractivity contribution is -0.118. The molecule has 2 nitrogen and oxygen atoms in total. The van der Waals surface area contributed by atoms with Gasteiger partial charge in [0.25, 0.3) is 0 Å². The van der Waals surface area contributed by atoms with Gasteiger partial charge in [0.05, 0.1) is 0 Å². The number of ketones is 1. The van der Waals surface area contributed by atoms with Crippen LogP contribution in [0.4, 0.5) is 0 Å². The average Bonchev–Trinajstić information content (AvgIpc) is 2.19. The number of hydrogen-bond acceptors (Lipinski definition) is 2. The van der Waals surface area contributed by atoms with Crippen LogP contribution < -0.4 is 0 Å². The molecule has 2 rings (SSSR count). The fourth-order valence-corrected chi connectivity index (χ4v) is 1.68. The van der Waals surface area contributed by atoms with Crippen LogP contribution in [0, 0.1) is 0 Å². The van der Waals surface area contributed by atoms with E-state index in [9.17, 15) is 4.79 Å². The first-order chi connectivity index (χ1) is 6.75. The van der Waals surface area contributed by atoms with E-state index in [4.69, 9.17) is 5.11 Å². The first-order valence-corrected chi connectivity index (χ1v) is 4.76. The lowest BCUT2D eigenvalue weighted by Gasteiger charge is -2.11. The van der Waals surface area contributed by atoms with Crippen molar-refractivity contribution in [3.05, 3.63) is 35.9 Å². The Labute approximate surface area is 82.9 Å². The van der Waals surface area contributed by atoms with E-state index in [1.165, 1.54) is 0 Å². The quantitative estimate of drug-likeness (QED) is 0.735. The summed E-state index contributed by atoms with van der Waals surface area (Å²) in [5, 5.41) is 9.12. The van der Waals surface area contributed by atoms with Gasteiger partial charge in [-0.15, -0.1) is 0 Å². The summed E-state index contributed by atoms with van der Waals surface area (Å²) in [4.78, 5) is 11.2. The topological polar surface area (TPSA) is 37.3 Å². The van der Waals surface area contributed by atoms with Crippen LogP contribution in [0.1, 0.15) is 24.8 Å². The lowest BCUT2D eigenvalue weighted by atomic mass is 9.93. The second-order valence-electron chi connectivity index (χ2n) is 3.53. The number of aromatic hydroxyl groups is 1. The van der Waals surface area contributed by atoms with E-state index in [2.05, 4.69) is 6.08 Å². The van der Waals surface area contributed by atoms with Gasteiger partial charge in [-0.1, -0.05) is 18.2 Å². The summed E-state index contributed by atoms with van der Waals surface area (Å²) < 4.78 is 0. The lowest BCUT2D eigenvalue weighted by Crippen LogP contribution is -2.03. The largest absolute Gasteiger partial charge is 0.508 e. The van der Waals surface area contributed by atoms with Crippen LogP contribution in [0.3, 0.4) is 0 Å². The standard InChI is InChI=1S/C12H12O2/c13-11-6-4-9(5-7-11)10-2-1-3-12(14)8-10/h2,4-7,13H,1,3,8H2. The number of phenols is 1. The Bertz CT molecular complexity index is 374. The fourth-order valence-electron chi connectivity index (χ4n) is 1.68. The third-order valence-corrected chi connectivity index (χ3v) is 2.44. The summed E-state index contributed by atoms with van der Waals surface area (Å²) in [6, 6.07) is 6.99. The van der Waals surface area contributed by atoms with E-state index >= 15 is 0 Å². The average molecular weight is 188 g/mol. The predicted octanol–water partition coefficient (Wildman–Crippen LogP) is 2.53. The van der Waals surface area contributed by atoms with Crippen LogP contribution in [0.15, 0.2) is 30.3 Å². The summed E-state index contributed by atoms with van der Waals surface area (Å²) in [6.45, 7) is 0. The minimum atomic E-state index is 0.261. The van der Waals surface area contributed by atoms with E-state index in [1.54, 1.807) is 12.1 Å². The molecule has 0 amide bonds. The molecule has 2 heteroatoms. The molecule has 0 saturated heterocycles. The molecule has 1 N–H and O–H groups in total. The SMILES string of the molecule is O=C1CCC=C(c2ccc(O)cc2)C1. The van der Waals surface area contributed by atoms with Gasteiger partial charge in [-0.3, -0.25) is 4.79 Å². The molecule has 0 atom stereocenters. The first-order valence-electron chi connectivity index (χ1n) is 4.76. The van der Waals surface area contributed by atoms with E-state index in [-0.39, 0.29) is 5.75 Å². The molecular formula is C12H12O2. The Morgan fingerprint density at radius 2 is 1.86 bits per heavy atom. The number of Topliss-reactive ketones (excluding diaryl/α,β-unsaturated/α-hetero) is 1. The van der Waals surface area contributed by atoms with E-state index in [0.717, 1.165) is 17.6 Å². The monoisotopic (exact) mass is 188 g/mol. The van der Waals surface area contributed by atoms with Crippen LogP contribution in [0.5, 0.6) is 5.75 Å². The van der Waals surface area contributed by atoms with Crippen LogP contribution in [0.25, 0.3) is 5.57 Å². The van der Waals surface area contributed by atoms with Crippen molar-refractivity contribution in [3.63, 3.8) is 0 Å². The number of allylic oxidation sites excluding steroid dienone is 2. The molecule has 14 heavy (non-hydrogen) atoms. The van der Waals surface area contributed by atoms with Gasteiger partial charge in [0.15, 0.2) is 0 Å². The molecule has 0 bridgehead atoms. The third-order valence-electron chi connectivity index (χ3n) is 2.44. The van der Waals surface area contributed by atoms with Crippen LogP contribution in [-0.4, -0.2) is 10.9 Å². The van der Waals surface area contributed by atoms with E-state index < -0.39 is 0 Å². The van der Waals surface area contributed by atoms with Gasteiger partial charge in [0.2, 0.25) is 0 Å². The summed E-state index contributed by atoms with van der Waals surface area (Å²) in [5.74, 6) is 0.562.